The summed E-state index contributed by atoms with van der Waals surface area (Å²) in [4.78, 5) is 0. The number of benzene rings is 1. The lowest BCUT2D eigenvalue weighted by Gasteiger charge is -2.16. The smallest absolute Gasteiger partial charge is 0.0149 e. The first kappa shape index (κ1) is 13.2. The van der Waals surface area contributed by atoms with Crippen LogP contribution in [0.4, 0.5) is 0 Å². The number of hydrogen-bond acceptors (Lipinski definition) is 1. The Morgan fingerprint density at radius 2 is 2.22 bits per heavy atom. The fourth-order valence-corrected chi connectivity index (χ4v) is 2.72. The average molecular weight is 243 g/mol. The van der Waals surface area contributed by atoms with Crippen LogP contribution in [0.15, 0.2) is 30.5 Å². The Kier molecular flexibility index (Phi) is 4.11. The molecule has 18 heavy (non-hydrogen) atoms. The maximum Gasteiger partial charge on any atom is 0.0149 e. The maximum absolute atomic E-state index is 4.07. The van der Waals surface area contributed by atoms with Crippen LogP contribution in [0.25, 0.3) is 0 Å². The fourth-order valence-electron chi connectivity index (χ4n) is 2.72. The van der Waals surface area contributed by atoms with Gasteiger partial charge in [0.05, 0.1) is 0 Å². The fraction of sp³-hybridized carbons (Fsp3) is 0.529. The van der Waals surface area contributed by atoms with E-state index in [1.807, 2.05) is 0 Å². The van der Waals surface area contributed by atoms with Gasteiger partial charge in [-0.2, -0.15) is 0 Å². The third-order valence-electron chi connectivity index (χ3n) is 4.05. The molecule has 98 valence electrons. The highest BCUT2D eigenvalue weighted by molar-refractivity contribution is 5.38. The minimum atomic E-state index is 0.531. The predicted octanol–water partition coefficient (Wildman–Crippen LogP) is 4.17. The molecule has 0 fully saturated rings. The summed E-state index contributed by atoms with van der Waals surface area (Å²) in [5.74, 6) is 1.27. The molecule has 0 saturated carbocycles. The third kappa shape index (κ3) is 2.95. The van der Waals surface area contributed by atoms with Crippen LogP contribution in [0, 0.1) is 12.8 Å². The molecule has 1 aliphatic carbocycles. The van der Waals surface area contributed by atoms with E-state index in [4.69, 9.17) is 0 Å². The normalized spacial score (nSPS) is 17.9. The molecule has 0 aliphatic heterocycles. The van der Waals surface area contributed by atoms with E-state index in [0.29, 0.717) is 5.92 Å². The van der Waals surface area contributed by atoms with Gasteiger partial charge in [0.15, 0.2) is 0 Å². The Balaban J connectivity index is 1.90. The van der Waals surface area contributed by atoms with Crippen molar-refractivity contribution >= 4 is 0 Å². The molecule has 0 spiro atoms. The number of aryl methyl sites for hydroxylation is 2. The number of hydrogen-bond donors (Lipinski definition) is 1. The van der Waals surface area contributed by atoms with Gasteiger partial charge in [0.25, 0.3) is 0 Å². The van der Waals surface area contributed by atoms with Crippen molar-refractivity contribution in [2.24, 2.45) is 5.92 Å². The van der Waals surface area contributed by atoms with Gasteiger partial charge in [-0.1, -0.05) is 44.2 Å². The number of rotatable bonds is 5. The van der Waals surface area contributed by atoms with Crippen molar-refractivity contribution in [2.45, 2.75) is 46.0 Å². The van der Waals surface area contributed by atoms with E-state index < -0.39 is 0 Å². The van der Waals surface area contributed by atoms with E-state index in [0.717, 1.165) is 18.2 Å². The second-order valence-electron chi connectivity index (χ2n) is 5.83. The van der Waals surface area contributed by atoms with E-state index in [9.17, 15) is 0 Å². The standard InChI is InChI=1S/C17H25N/c1-12(2)14(4)18-10-9-16-8-7-15-6-5-13(3)11-17(15)16/h5-6,11-12,16,18H,4,7-10H2,1-3H3. The second kappa shape index (κ2) is 5.60. The highest BCUT2D eigenvalue weighted by Gasteiger charge is 2.21. The molecule has 1 aromatic rings. The molecular weight excluding hydrogens is 218 g/mol. The highest BCUT2D eigenvalue weighted by atomic mass is 14.9. The number of nitrogens with one attached hydrogen (secondary N) is 1. The lowest BCUT2D eigenvalue weighted by molar-refractivity contribution is 0.568. The van der Waals surface area contributed by atoms with E-state index in [1.165, 1.54) is 24.8 Å². The molecule has 2 rings (SSSR count). The third-order valence-corrected chi connectivity index (χ3v) is 4.05. The maximum atomic E-state index is 4.07. The topological polar surface area (TPSA) is 12.0 Å². The van der Waals surface area contributed by atoms with Gasteiger partial charge < -0.3 is 5.32 Å². The molecule has 0 heterocycles. The molecule has 1 nitrogen and oxygen atoms in total. The van der Waals surface area contributed by atoms with Crippen LogP contribution in [-0.2, 0) is 6.42 Å². The van der Waals surface area contributed by atoms with Gasteiger partial charge in [0.2, 0.25) is 0 Å². The number of allylic oxidation sites excluding steroid dienone is 1. The quantitative estimate of drug-likeness (QED) is 0.818. The SMILES string of the molecule is C=C(NCCC1CCc2ccc(C)cc21)C(C)C. The molecule has 0 saturated heterocycles. The predicted molar refractivity (Wildman–Crippen MR) is 78.8 cm³/mol. The molecule has 1 heteroatoms. The summed E-state index contributed by atoms with van der Waals surface area (Å²) in [6.45, 7) is 11.7. The van der Waals surface area contributed by atoms with Crippen molar-refractivity contribution < 1.29 is 0 Å². The second-order valence-corrected chi connectivity index (χ2v) is 5.83. The molecule has 1 aliphatic rings. The van der Waals surface area contributed by atoms with Crippen LogP contribution in [0.1, 0.15) is 49.3 Å². The van der Waals surface area contributed by atoms with E-state index >= 15 is 0 Å². The largest absolute Gasteiger partial charge is 0.389 e. The summed E-state index contributed by atoms with van der Waals surface area (Å²) in [5.41, 5.74) is 5.71. The van der Waals surface area contributed by atoms with Crippen LogP contribution in [0.5, 0.6) is 0 Å². The van der Waals surface area contributed by atoms with Crippen molar-refractivity contribution in [3.05, 3.63) is 47.2 Å². The molecule has 0 radical (unpaired) electrons. The minimum absolute atomic E-state index is 0.531. The first-order valence-corrected chi connectivity index (χ1v) is 7.10. The van der Waals surface area contributed by atoms with Crippen LogP contribution in [-0.4, -0.2) is 6.54 Å². The van der Waals surface area contributed by atoms with Gasteiger partial charge in [-0.05, 0) is 49.1 Å². The highest BCUT2D eigenvalue weighted by Crippen LogP contribution is 2.35. The Bertz CT molecular complexity index is 431. The zero-order valence-electron chi connectivity index (χ0n) is 11.9. The zero-order valence-corrected chi connectivity index (χ0v) is 11.9. The molecular formula is C17H25N. The van der Waals surface area contributed by atoms with Crippen LogP contribution >= 0.6 is 0 Å². The Morgan fingerprint density at radius 3 is 2.94 bits per heavy atom. The summed E-state index contributed by atoms with van der Waals surface area (Å²) in [7, 11) is 0. The first-order valence-electron chi connectivity index (χ1n) is 7.10. The molecule has 0 amide bonds. The van der Waals surface area contributed by atoms with Gasteiger partial charge in [-0.15, -0.1) is 0 Å². The van der Waals surface area contributed by atoms with Gasteiger partial charge >= 0.3 is 0 Å². The molecule has 1 unspecified atom stereocenters. The Hall–Kier alpha value is -1.24. The van der Waals surface area contributed by atoms with Crippen molar-refractivity contribution in [2.75, 3.05) is 6.54 Å². The average Bonchev–Trinajstić information content (AvgIpc) is 2.71. The summed E-state index contributed by atoms with van der Waals surface area (Å²) < 4.78 is 0. The molecule has 0 bridgehead atoms. The van der Waals surface area contributed by atoms with Crippen molar-refractivity contribution in [1.82, 2.24) is 5.32 Å². The van der Waals surface area contributed by atoms with Crippen molar-refractivity contribution in [3.63, 3.8) is 0 Å². The Morgan fingerprint density at radius 1 is 1.44 bits per heavy atom. The molecule has 1 aromatic carbocycles. The van der Waals surface area contributed by atoms with Crippen molar-refractivity contribution in [1.29, 1.82) is 0 Å². The van der Waals surface area contributed by atoms with E-state index in [2.05, 4.69) is 50.9 Å². The van der Waals surface area contributed by atoms with Gasteiger partial charge in [-0.3, -0.25) is 0 Å². The summed E-state index contributed by atoms with van der Waals surface area (Å²) in [6.07, 6.45) is 3.79. The molecule has 1 N–H and O–H groups in total. The minimum Gasteiger partial charge on any atom is -0.389 e. The number of fused-ring (bicyclic) bond motifs is 1. The first-order chi connectivity index (χ1) is 8.58. The monoisotopic (exact) mass is 243 g/mol. The zero-order chi connectivity index (χ0) is 13.1. The van der Waals surface area contributed by atoms with Gasteiger partial charge in [-0.25, -0.2) is 0 Å². The lowest BCUT2D eigenvalue weighted by atomic mass is 9.96. The van der Waals surface area contributed by atoms with Crippen LogP contribution < -0.4 is 5.32 Å². The summed E-state index contributed by atoms with van der Waals surface area (Å²) in [5, 5.41) is 3.46. The van der Waals surface area contributed by atoms with Crippen LogP contribution in [0.3, 0.4) is 0 Å². The van der Waals surface area contributed by atoms with Crippen molar-refractivity contribution in [3.8, 4) is 0 Å². The van der Waals surface area contributed by atoms with E-state index in [1.54, 1.807) is 11.1 Å². The van der Waals surface area contributed by atoms with E-state index in [-0.39, 0.29) is 0 Å². The molecule has 1 atom stereocenters. The molecule has 0 aromatic heterocycles. The Labute approximate surface area is 111 Å². The lowest BCUT2D eigenvalue weighted by Crippen LogP contribution is -2.19. The van der Waals surface area contributed by atoms with Crippen LogP contribution in [0.2, 0.25) is 0 Å². The van der Waals surface area contributed by atoms with Gasteiger partial charge in [0.1, 0.15) is 0 Å². The summed E-state index contributed by atoms with van der Waals surface area (Å²) >= 11 is 0. The summed E-state index contributed by atoms with van der Waals surface area (Å²) in [6, 6.07) is 6.93. The van der Waals surface area contributed by atoms with Gasteiger partial charge in [0, 0.05) is 12.2 Å².